The number of aliphatic hydroxyl groups is 3. The minimum atomic E-state index is -2.79. The average Bonchev–Trinajstić information content (AvgIpc) is 3.61. The van der Waals surface area contributed by atoms with Crippen LogP contribution < -0.4 is 16.0 Å². The summed E-state index contributed by atoms with van der Waals surface area (Å²) in [6, 6.07) is 2.09. The fourth-order valence-electron chi connectivity index (χ4n) is 7.65. The third kappa shape index (κ3) is 5.34. The third-order valence-corrected chi connectivity index (χ3v) is 11.3. The molecule has 7 N–H and O–H groups in total. The zero-order valence-corrected chi connectivity index (χ0v) is 30.1. The maximum atomic E-state index is 14.5. The Morgan fingerprint density at radius 3 is 2.31 bits per heavy atom. The van der Waals surface area contributed by atoms with Gasteiger partial charge in [0, 0.05) is 24.6 Å². The molecule has 0 radical (unpaired) electrons. The van der Waals surface area contributed by atoms with Crippen molar-refractivity contribution in [3.05, 3.63) is 63.0 Å². The van der Waals surface area contributed by atoms with Gasteiger partial charge in [-0.2, -0.15) is 0 Å². The number of ketones is 2. The van der Waals surface area contributed by atoms with Crippen LogP contribution in [0.5, 0.6) is 5.75 Å². The van der Waals surface area contributed by atoms with E-state index in [9.17, 15) is 39.6 Å². The number of phenolic OH excluding ortho intramolecular Hbond substituents is 1. The van der Waals surface area contributed by atoms with Crippen LogP contribution in [0.2, 0.25) is 5.02 Å². The number of hydrogen-bond donors (Lipinski definition) is 6. The van der Waals surface area contributed by atoms with Crippen LogP contribution in [-0.2, 0) is 25.1 Å². The van der Waals surface area contributed by atoms with Gasteiger partial charge in [0.25, 0.3) is 5.91 Å². The summed E-state index contributed by atoms with van der Waals surface area (Å²) in [6.45, 7) is 10.4. The molecule has 13 nitrogen and oxygen atoms in total. The lowest BCUT2D eigenvalue weighted by atomic mass is 9.58. The highest BCUT2D eigenvalue weighted by Crippen LogP contribution is 2.56. The van der Waals surface area contributed by atoms with Gasteiger partial charge in [0.1, 0.15) is 28.5 Å². The lowest BCUT2D eigenvalue weighted by Gasteiger charge is -2.51. The highest BCUT2D eigenvalue weighted by molar-refractivity contribution is 9.10. The number of carbonyl (C=O) groups is 4. The molecule has 5 atom stereocenters. The monoisotopic (exact) mass is 762 g/mol. The predicted molar refractivity (Wildman–Crippen MR) is 185 cm³/mol. The molecule has 3 unspecified atom stereocenters. The van der Waals surface area contributed by atoms with Crippen molar-refractivity contribution >= 4 is 62.3 Å². The summed E-state index contributed by atoms with van der Waals surface area (Å²) in [5.74, 6) is -8.15. The third-order valence-electron chi connectivity index (χ3n) is 10.2. The Hall–Kier alpha value is -3.85. The van der Waals surface area contributed by atoms with Crippen molar-refractivity contribution in [2.75, 3.05) is 36.4 Å². The molecule has 264 valence electrons. The fourth-order valence-corrected chi connectivity index (χ4v) is 8.34. The van der Waals surface area contributed by atoms with Gasteiger partial charge < -0.3 is 40.8 Å². The first kappa shape index (κ1) is 36.4. The number of rotatable bonds is 10. The molecule has 2 aromatic rings. The lowest BCUT2D eigenvalue weighted by Crippen LogP contribution is -2.64. The predicted octanol–water partition coefficient (Wildman–Crippen LogP) is 4.24. The zero-order valence-electron chi connectivity index (χ0n) is 27.8. The van der Waals surface area contributed by atoms with E-state index in [1.54, 1.807) is 30.9 Å². The summed E-state index contributed by atoms with van der Waals surface area (Å²) in [6.07, 6.45) is 1.37. The molecule has 1 heterocycles. The minimum Gasteiger partial charge on any atom is -0.510 e. The number of anilines is 2. The fraction of sp³-hybridized carbons (Fsp3) is 0.471. The van der Waals surface area contributed by atoms with Crippen LogP contribution in [0.3, 0.4) is 0 Å². The van der Waals surface area contributed by atoms with Crippen LogP contribution in [0.15, 0.2) is 45.5 Å². The molecule has 2 amide bonds. The molecule has 5 rings (SSSR count). The van der Waals surface area contributed by atoms with E-state index < -0.39 is 74.0 Å². The molecule has 0 fully saturated rings. The maximum absolute atomic E-state index is 14.5. The van der Waals surface area contributed by atoms with Gasteiger partial charge in [0.15, 0.2) is 21.5 Å². The first-order valence-electron chi connectivity index (χ1n) is 16.1. The van der Waals surface area contributed by atoms with Gasteiger partial charge in [-0.1, -0.05) is 41.4 Å². The van der Waals surface area contributed by atoms with Crippen molar-refractivity contribution in [1.29, 1.82) is 0 Å². The number of aromatic hydroxyl groups is 1. The molecular formula is C34H40BrClN4O9. The van der Waals surface area contributed by atoms with E-state index in [-0.39, 0.29) is 40.4 Å². The minimum absolute atomic E-state index is 0.0200. The average molecular weight is 764 g/mol. The molecule has 3 aliphatic rings. The molecule has 3 aliphatic carbocycles. The second kappa shape index (κ2) is 13.1. The number of aliphatic hydroxyl groups excluding tert-OH is 2. The maximum Gasteiger partial charge on any atom is 0.255 e. The Morgan fingerprint density at radius 1 is 1.14 bits per heavy atom. The van der Waals surface area contributed by atoms with Gasteiger partial charge in [-0.05, 0) is 70.3 Å². The largest absolute Gasteiger partial charge is 0.510 e. The second-order valence-corrected chi connectivity index (χ2v) is 14.5. The summed E-state index contributed by atoms with van der Waals surface area (Å²) < 4.78 is 4.01. The van der Waals surface area contributed by atoms with Crippen LogP contribution in [0.1, 0.15) is 62.7 Å². The molecule has 0 spiro atoms. The summed E-state index contributed by atoms with van der Waals surface area (Å²) in [5, 5.41) is 49.5. The Morgan fingerprint density at radius 2 is 1.78 bits per heavy atom. The number of nitrogens with zero attached hydrogens (tertiary/aromatic N) is 2. The first-order chi connectivity index (χ1) is 23.0. The summed E-state index contributed by atoms with van der Waals surface area (Å²) in [5.41, 5.74) is 1.73. The normalized spacial score (nSPS) is 24.7. The van der Waals surface area contributed by atoms with Gasteiger partial charge in [-0.15, -0.1) is 0 Å². The van der Waals surface area contributed by atoms with Gasteiger partial charge in [-0.25, -0.2) is 0 Å². The summed E-state index contributed by atoms with van der Waals surface area (Å²) in [7, 11) is 0. The van der Waals surface area contributed by atoms with Crippen molar-refractivity contribution in [3.8, 4) is 5.75 Å². The number of nitrogens with one attached hydrogen (secondary N) is 1. The van der Waals surface area contributed by atoms with E-state index in [1.165, 1.54) is 13.2 Å². The molecule has 0 aliphatic heterocycles. The number of furan rings is 1. The number of allylic oxidation sites excluding steroid dienone is 1. The van der Waals surface area contributed by atoms with Gasteiger partial charge in [0.2, 0.25) is 11.7 Å². The standard InChI is InChI=1S/C34H40BrClN4O9/c1-6-39(7-2)24-16-13-15-14-17-25(40(8-3)9-4)28(43)21(31(37)46)30(45)34(17,48)29(44)19(15)26(41)20(16)27(42)23(22(24)36)38-32(47)33(5,35)18-11-10-12-49-18/h10-12,15,17,25,42-44,48H,6-9,13-14H2,1-5H3,(H2,37,46)(H,38,47)/t15?,17?,25-,33?,34-/m0/s1. The number of hydrogen-bond acceptors (Lipinski definition) is 11. The van der Waals surface area contributed by atoms with Gasteiger partial charge in [-0.3, -0.25) is 24.1 Å². The molecule has 0 saturated heterocycles. The number of benzene rings is 1. The van der Waals surface area contributed by atoms with Crippen LogP contribution in [-0.4, -0.2) is 86.5 Å². The lowest BCUT2D eigenvalue weighted by molar-refractivity contribution is -0.149. The Labute approximate surface area is 296 Å². The molecule has 49 heavy (non-hydrogen) atoms. The van der Waals surface area contributed by atoms with Crippen molar-refractivity contribution in [3.63, 3.8) is 0 Å². The quantitative estimate of drug-likeness (QED) is 0.115. The number of halogens is 2. The Bertz CT molecular complexity index is 1800. The van der Waals surface area contributed by atoms with Crippen molar-refractivity contribution in [2.24, 2.45) is 17.6 Å². The first-order valence-corrected chi connectivity index (χ1v) is 17.3. The molecule has 0 bridgehead atoms. The summed E-state index contributed by atoms with van der Waals surface area (Å²) in [4.78, 5) is 58.0. The zero-order chi connectivity index (χ0) is 36.3. The van der Waals surface area contributed by atoms with E-state index in [0.29, 0.717) is 37.4 Å². The van der Waals surface area contributed by atoms with E-state index >= 15 is 0 Å². The summed E-state index contributed by atoms with van der Waals surface area (Å²) >= 11 is 10.4. The molecule has 1 aromatic heterocycles. The van der Waals surface area contributed by atoms with Crippen molar-refractivity contribution in [2.45, 2.75) is 63.4 Å². The molecule has 0 saturated carbocycles. The Balaban J connectivity index is 1.73. The smallest absolute Gasteiger partial charge is 0.255 e. The topological polar surface area (TPSA) is 207 Å². The molecule has 15 heteroatoms. The number of alkyl halides is 1. The highest BCUT2D eigenvalue weighted by atomic mass is 79.9. The Kier molecular flexibility index (Phi) is 9.76. The van der Waals surface area contributed by atoms with Crippen molar-refractivity contribution in [1.82, 2.24) is 4.90 Å². The number of amides is 2. The number of phenols is 1. The van der Waals surface area contributed by atoms with E-state index in [4.69, 9.17) is 21.8 Å². The van der Waals surface area contributed by atoms with Gasteiger partial charge >= 0.3 is 0 Å². The number of fused-ring (bicyclic) bond motifs is 3. The number of likely N-dealkylation sites (N-methyl/N-ethyl adjacent to an activating group) is 1. The van der Waals surface area contributed by atoms with E-state index in [0.717, 1.165) is 0 Å². The van der Waals surface area contributed by atoms with E-state index in [2.05, 4.69) is 21.2 Å². The number of primary amides is 1. The van der Waals surface area contributed by atoms with Crippen molar-refractivity contribution < 1.29 is 44.0 Å². The van der Waals surface area contributed by atoms with Crippen LogP contribution in [0.4, 0.5) is 11.4 Å². The second-order valence-electron chi connectivity index (χ2n) is 12.6. The van der Waals surface area contributed by atoms with Crippen LogP contribution >= 0.6 is 27.5 Å². The van der Waals surface area contributed by atoms with E-state index in [1.807, 2.05) is 18.7 Å². The van der Waals surface area contributed by atoms with Gasteiger partial charge in [0.05, 0.1) is 28.6 Å². The molecule has 1 aromatic carbocycles. The number of nitrogens with two attached hydrogens (primary N) is 1. The number of Topliss-reactive ketones (excluding diaryl/α,β-unsaturated/α-hetero) is 2. The SMILES string of the molecule is CCN(CC)c1c(Cl)c(NC(=O)C(C)(Br)c2ccco2)c(O)c2c1CC1CC3[C@H](N(CC)CC)C(O)=C(C(N)=O)C(=O)[C@@]3(O)C(O)=C1C2=O. The van der Waals surface area contributed by atoms with Crippen LogP contribution in [0.25, 0.3) is 0 Å². The molecular weight excluding hydrogens is 724 g/mol. The number of carbonyl (C=O) groups excluding carboxylic acids is 4. The highest BCUT2D eigenvalue weighted by Gasteiger charge is 2.63. The van der Waals surface area contributed by atoms with Crippen LogP contribution in [0, 0.1) is 11.8 Å².